The summed E-state index contributed by atoms with van der Waals surface area (Å²) in [6, 6.07) is 9.89. The highest BCUT2D eigenvalue weighted by atomic mass is 32.2. The van der Waals surface area contributed by atoms with Crippen molar-refractivity contribution in [2.75, 3.05) is 5.75 Å². The van der Waals surface area contributed by atoms with Gasteiger partial charge in [0.15, 0.2) is 5.16 Å². The number of carbonyl (C=O) groups is 1. The normalized spacial score (nSPS) is 11.6. The van der Waals surface area contributed by atoms with Crippen molar-refractivity contribution >= 4 is 17.7 Å². The Labute approximate surface area is 122 Å². The second-order valence-electron chi connectivity index (χ2n) is 5.53. The molecule has 0 bridgehead atoms. The molecule has 1 N–H and O–H groups in total. The molecule has 0 aliphatic heterocycles. The van der Waals surface area contributed by atoms with Gasteiger partial charge in [0, 0.05) is 16.8 Å². The molecule has 0 aliphatic rings. The van der Waals surface area contributed by atoms with Crippen molar-refractivity contribution in [2.24, 2.45) is 0 Å². The van der Waals surface area contributed by atoms with Crippen molar-refractivity contribution in [1.29, 1.82) is 0 Å². The molecule has 20 heavy (non-hydrogen) atoms. The first kappa shape index (κ1) is 14.7. The van der Waals surface area contributed by atoms with E-state index in [1.54, 1.807) is 0 Å². The minimum Gasteiger partial charge on any atom is -0.481 e. The molecular weight excluding hydrogens is 272 g/mol. The van der Waals surface area contributed by atoms with Crippen LogP contribution in [-0.2, 0) is 10.2 Å². The third-order valence-corrected chi connectivity index (χ3v) is 3.77. The number of para-hydroxylation sites is 1. The van der Waals surface area contributed by atoms with Gasteiger partial charge >= 0.3 is 5.97 Å². The zero-order chi connectivity index (χ0) is 14.8. The number of thioether (sulfide) groups is 1. The molecule has 0 atom stereocenters. The molecule has 1 heterocycles. The summed E-state index contributed by atoms with van der Waals surface area (Å²) < 4.78 is 2.04. The van der Waals surface area contributed by atoms with Crippen molar-refractivity contribution in [3.05, 3.63) is 42.2 Å². The van der Waals surface area contributed by atoms with Gasteiger partial charge in [0.2, 0.25) is 0 Å². The Hall–Kier alpha value is -1.75. The summed E-state index contributed by atoms with van der Waals surface area (Å²) in [6.07, 6.45) is 1.83. The highest BCUT2D eigenvalue weighted by Crippen LogP contribution is 2.30. The van der Waals surface area contributed by atoms with E-state index in [4.69, 9.17) is 5.11 Å². The van der Waals surface area contributed by atoms with E-state index < -0.39 is 5.97 Å². The Morgan fingerprint density at radius 2 is 1.95 bits per heavy atom. The number of imidazole rings is 1. The standard InChI is InChI=1S/C15H18N2O2S/c1-15(2,3)12-9-16-14(20-10-13(18)19)17(12)11-7-5-4-6-8-11/h4-9H,10H2,1-3H3,(H,18,19). The second kappa shape index (κ2) is 5.71. The van der Waals surface area contributed by atoms with E-state index in [0.29, 0.717) is 5.16 Å². The van der Waals surface area contributed by atoms with Crippen LogP contribution >= 0.6 is 11.8 Å². The smallest absolute Gasteiger partial charge is 0.313 e. The summed E-state index contributed by atoms with van der Waals surface area (Å²) in [7, 11) is 0. The molecule has 1 aromatic carbocycles. The number of nitrogens with zero attached hydrogens (tertiary/aromatic N) is 2. The molecule has 4 nitrogen and oxygen atoms in total. The summed E-state index contributed by atoms with van der Waals surface area (Å²) in [5.41, 5.74) is 2.00. The first-order chi connectivity index (χ1) is 9.39. The molecule has 2 aromatic rings. The number of aromatic nitrogens is 2. The van der Waals surface area contributed by atoms with E-state index in [1.807, 2.05) is 41.1 Å². The van der Waals surface area contributed by atoms with Crippen LogP contribution in [0.25, 0.3) is 5.69 Å². The van der Waals surface area contributed by atoms with E-state index in [2.05, 4.69) is 25.8 Å². The van der Waals surface area contributed by atoms with Gasteiger partial charge in [-0.05, 0) is 12.1 Å². The lowest BCUT2D eigenvalue weighted by Crippen LogP contribution is -2.17. The SMILES string of the molecule is CC(C)(C)c1cnc(SCC(=O)O)n1-c1ccccc1. The van der Waals surface area contributed by atoms with Crippen LogP contribution in [0.2, 0.25) is 0 Å². The Balaban J connectivity index is 2.49. The van der Waals surface area contributed by atoms with Crippen molar-refractivity contribution in [1.82, 2.24) is 9.55 Å². The predicted octanol–water partition coefficient (Wildman–Crippen LogP) is 3.35. The summed E-state index contributed by atoms with van der Waals surface area (Å²) in [5.74, 6) is -0.831. The number of rotatable bonds is 4. The zero-order valence-electron chi connectivity index (χ0n) is 11.8. The topological polar surface area (TPSA) is 55.1 Å². The lowest BCUT2D eigenvalue weighted by molar-refractivity contribution is -0.133. The lowest BCUT2D eigenvalue weighted by Gasteiger charge is -2.21. The van der Waals surface area contributed by atoms with Gasteiger partial charge in [0.05, 0.1) is 11.9 Å². The summed E-state index contributed by atoms with van der Waals surface area (Å²) >= 11 is 1.24. The van der Waals surface area contributed by atoms with Crippen LogP contribution in [0, 0.1) is 0 Å². The van der Waals surface area contributed by atoms with Crippen molar-refractivity contribution in [3.63, 3.8) is 0 Å². The van der Waals surface area contributed by atoms with Crippen LogP contribution in [0.5, 0.6) is 0 Å². The van der Waals surface area contributed by atoms with Crippen LogP contribution in [0.3, 0.4) is 0 Å². The monoisotopic (exact) mass is 290 g/mol. The predicted molar refractivity (Wildman–Crippen MR) is 80.6 cm³/mol. The molecule has 1 aromatic heterocycles. The van der Waals surface area contributed by atoms with Gasteiger partial charge in [0.1, 0.15) is 0 Å². The van der Waals surface area contributed by atoms with Crippen LogP contribution in [-0.4, -0.2) is 26.4 Å². The number of carboxylic acid groups (broad SMARTS) is 1. The molecule has 0 unspecified atom stereocenters. The van der Waals surface area contributed by atoms with Gasteiger partial charge in [-0.25, -0.2) is 4.98 Å². The third kappa shape index (κ3) is 3.22. The number of aliphatic carboxylic acids is 1. The van der Waals surface area contributed by atoms with E-state index in [9.17, 15) is 4.79 Å². The average molecular weight is 290 g/mol. The molecule has 0 spiro atoms. The molecule has 0 radical (unpaired) electrons. The third-order valence-electron chi connectivity index (χ3n) is 2.84. The Bertz CT molecular complexity index is 600. The van der Waals surface area contributed by atoms with E-state index in [-0.39, 0.29) is 11.2 Å². The number of hydrogen-bond acceptors (Lipinski definition) is 3. The number of carboxylic acids is 1. The zero-order valence-corrected chi connectivity index (χ0v) is 12.6. The lowest BCUT2D eigenvalue weighted by atomic mass is 9.92. The quantitative estimate of drug-likeness (QED) is 0.877. The fraction of sp³-hybridized carbons (Fsp3) is 0.333. The molecule has 2 rings (SSSR count). The maximum Gasteiger partial charge on any atom is 0.313 e. The van der Waals surface area contributed by atoms with Gasteiger partial charge in [0.25, 0.3) is 0 Å². The van der Waals surface area contributed by atoms with Crippen molar-refractivity contribution in [3.8, 4) is 5.69 Å². The molecule has 0 fully saturated rings. The summed E-state index contributed by atoms with van der Waals surface area (Å²) in [5, 5.41) is 9.56. The van der Waals surface area contributed by atoms with Gasteiger partial charge < -0.3 is 5.11 Å². The Morgan fingerprint density at radius 1 is 1.30 bits per heavy atom. The molecule has 106 valence electrons. The van der Waals surface area contributed by atoms with Crippen molar-refractivity contribution in [2.45, 2.75) is 31.3 Å². The minimum atomic E-state index is -0.838. The Morgan fingerprint density at radius 3 is 2.50 bits per heavy atom. The van der Waals surface area contributed by atoms with E-state index in [1.165, 1.54) is 11.8 Å². The fourth-order valence-corrected chi connectivity index (χ4v) is 2.63. The van der Waals surface area contributed by atoms with Crippen LogP contribution in [0.15, 0.2) is 41.7 Å². The van der Waals surface area contributed by atoms with Crippen molar-refractivity contribution < 1.29 is 9.90 Å². The van der Waals surface area contributed by atoms with Crippen LogP contribution in [0.1, 0.15) is 26.5 Å². The minimum absolute atomic E-state index is 0.00737. The van der Waals surface area contributed by atoms with Crippen LogP contribution in [0.4, 0.5) is 0 Å². The average Bonchev–Trinajstić information content (AvgIpc) is 2.81. The number of benzene rings is 1. The first-order valence-electron chi connectivity index (χ1n) is 6.38. The maximum atomic E-state index is 10.8. The highest BCUT2D eigenvalue weighted by molar-refractivity contribution is 7.99. The first-order valence-corrected chi connectivity index (χ1v) is 7.36. The van der Waals surface area contributed by atoms with Gasteiger partial charge in [-0.2, -0.15) is 0 Å². The molecular formula is C15H18N2O2S. The molecule has 0 saturated carbocycles. The maximum absolute atomic E-state index is 10.8. The largest absolute Gasteiger partial charge is 0.481 e. The summed E-state index contributed by atoms with van der Waals surface area (Å²) in [6.45, 7) is 6.36. The van der Waals surface area contributed by atoms with Gasteiger partial charge in [-0.1, -0.05) is 50.7 Å². The second-order valence-corrected chi connectivity index (χ2v) is 6.47. The molecule has 5 heteroatoms. The number of hydrogen-bond donors (Lipinski definition) is 1. The van der Waals surface area contributed by atoms with E-state index in [0.717, 1.165) is 11.4 Å². The Kier molecular flexibility index (Phi) is 4.18. The van der Waals surface area contributed by atoms with Gasteiger partial charge in [-0.3, -0.25) is 9.36 Å². The molecule has 0 aliphatic carbocycles. The molecule has 0 saturated heterocycles. The fourth-order valence-electron chi connectivity index (χ4n) is 1.92. The van der Waals surface area contributed by atoms with Gasteiger partial charge in [-0.15, -0.1) is 0 Å². The van der Waals surface area contributed by atoms with E-state index >= 15 is 0 Å². The summed E-state index contributed by atoms with van der Waals surface area (Å²) in [4.78, 5) is 15.2. The molecule has 0 amide bonds. The van der Waals surface area contributed by atoms with Crippen LogP contribution < -0.4 is 0 Å². The highest BCUT2D eigenvalue weighted by Gasteiger charge is 2.23.